The van der Waals surface area contributed by atoms with Gasteiger partial charge in [0, 0.05) is 37.5 Å². The van der Waals surface area contributed by atoms with Gasteiger partial charge >= 0.3 is 0 Å². The lowest BCUT2D eigenvalue weighted by atomic mass is 9.90. The number of halogens is 1. The van der Waals surface area contributed by atoms with Crippen molar-refractivity contribution in [3.05, 3.63) is 83.9 Å². The fraction of sp³-hybridized carbons (Fsp3) is 0.360. The second kappa shape index (κ2) is 10.8. The number of para-hydroxylation sites is 1. The Bertz CT molecular complexity index is 1030. The minimum absolute atomic E-state index is 0. The number of ether oxygens (including phenoxy) is 1. The quantitative estimate of drug-likeness (QED) is 0.263. The number of nitrogens with zero attached hydrogens (tertiary/aromatic N) is 3. The summed E-state index contributed by atoms with van der Waals surface area (Å²) < 4.78 is 8.24. The van der Waals surface area contributed by atoms with E-state index in [1.807, 2.05) is 24.7 Å². The summed E-state index contributed by atoms with van der Waals surface area (Å²) >= 11 is 0. The van der Waals surface area contributed by atoms with Gasteiger partial charge < -0.3 is 19.9 Å². The van der Waals surface area contributed by atoms with Crippen molar-refractivity contribution in [3.63, 3.8) is 0 Å². The van der Waals surface area contributed by atoms with Gasteiger partial charge in [-0.3, -0.25) is 0 Å². The first-order valence-electron chi connectivity index (χ1n) is 10.9. The summed E-state index contributed by atoms with van der Waals surface area (Å²) in [5, 5.41) is 7.03. The van der Waals surface area contributed by atoms with Gasteiger partial charge in [0.15, 0.2) is 5.96 Å². The Morgan fingerprint density at radius 3 is 2.78 bits per heavy atom. The zero-order chi connectivity index (χ0) is 21.7. The highest BCUT2D eigenvalue weighted by Crippen LogP contribution is 2.39. The van der Waals surface area contributed by atoms with E-state index in [1.54, 1.807) is 6.20 Å². The van der Waals surface area contributed by atoms with E-state index < -0.39 is 0 Å². The van der Waals surface area contributed by atoms with Crippen molar-refractivity contribution in [1.29, 1.82) is 0 Å². The molecule has 0 fully saturated rings. The van der Waals surface area contributed by atoms with Gasteiger partial charge in [0.25, 0.3) is 0 Å². The van der Waals surface area contributed by atoms with Crippen LogP contribution in [0.4, 0.5) is 0 Å². The number of hydrogen-bond donors (Lipinski definition) is 2. The summed E-state index contributed by atoms with van der Waals surface area (Å²) in [4.78, 5) is 8.99. The minimum atomic E-state index is -0.231. The number of benzene rings is 2. The van der Waals surface area contributed by atoms with Crippen LogP contribution in [0.5, 0.6) is 5.75 Å². The average molecular weight is 545 g/mol. The molecule has 0 radical (unpaired) electrons. The smallest absolute Gasteiger partial charge is 0.192 e. The summed E-state index contributed by atoms with van der Waals surface area (Å²) in [7, 11) is 0. The highest BCUT2D eigenvalue weighted by Gasteiger charge is 2.33. The summed E-state index contributed by atoms with van der Waals surface area (Å²) in [6.07, 6.45) is 6.49. The van der Waals surface area contributed by atoms with E-state index in [1.165, 1.54) is 16.7 Å². The number of fused-ring (bicyclic) bond motifs is 1. The molecule has 1 atom stereocenters. The van der Waals surface area contributed by atoms with Crippen LogP contribution in [-0.2, 0) is 13.1 Å². The molecule has 4 rings (SSSR count). The molecule has 0 spiro atoms. The summed E-state index contributed by atoms with van der Waals surface area (Å²) in [5.74, 6) is 1.76. The van der Waals surface area contributed by atoms with Gasteiger partial charge in [0.05, 0.1) is 18.9 Å². The van der Waals surface area contributed by atoms with Gasteiger partial charge in [-0.15, -0.1) is 24.0 Å². The van der Waals surface area contributed by atoms with Crippen LogP contribution < -0.4 is 15.4 Å². The predicted molar refractivity (Wildman–Crippen MR) is 140 cm³/mol. The average Bonchev–Trinajstić information content (AvgIpc) is 3.25. The van der Waals surface area contributed by atoms with Gasteiger partial charge in [-0.25, -0.2) is 9.98 Å². The van der Waals surface area contributed by atoms with Gasteiger partial charge in [0.1, 0.15) is 11.4 Å². The van der Waals surface area contributed by atoms with E-state index in [2.05, 4.69) is 77.4 Å². The molecule has 2 N–H and O–H groups in total. The molecule has 1 aliphatic rings. The van der Waals surface area contributed by atoms with E-state index in [-0.39, 0.29) is 35.6 Å². The van der Waals surface area contributed by atoms with E-state index >= 15 is 0 Å². The molecule has 7 heteroatoms. The molecule has 1 aliphatic heterocycles. The summed E-state index contributed by atoms with van der Waals surface area (Å²) in [5.41, 5.74) is 3.37. The second-order valence-electron chi connectivity index (χ2n) is 8.55. The molecule has 6 nitrogen and oxygen atoms in total. The summed E-state index contributed by atoms with van der Waals surface area (Å²) in [6, 6.07) is 17.0. The first-order valence-corrected chi connectivity index (χ1v) is 10.9. The van der Waals surface area contributed by atoms with E-state index in [4.69, 9.17) is 9.73 Å². The van der Waals surface area contributed by atoms with Crippen LogP contribution >= 0.6 is 24.0 Å². The molecule has 0 aliphatic carbocycles. The normalized spacial score (nSPS) is 17.0. The Morgan fingerprint density at radius 2 is 2.00 bits per heavy atom. The molecule has 170 valence electrons. The predicted octanol–water partition coefficient (Wildman–Crippen LogP) is 4.91. The lowest BCUT2D eigenvalue weighted by Gasteiger charge is -2.38. The third-order valence-corrected chi connectivity index (χ3v) is 5.37. The molecule has 0 bridgehead atoms. The molecule has 2 heterocycles. The minimum Gasteiger partial charge on any atom is -0.487 e. The van der Waals surface area contributed by atoms with Crippen molar-refractivity contribution in [2.24, 2.45) is 4.99 Å². The Balaban J connectivity index is 0.00000289. The third kappa shape index (κ3) is 6.25. The lowest BCUT2D eigenvalue weighted by molar-refractivity contribution is 0.0694. The molecule has 2 aromatic carbocycles. The molecule has 32 heavy (non-hydrogen) atoms. The van der Waals surface area contributed by atoms with E-state index in [0.29, 0.717) is 6.54 Å². The first kappa shape index (κ1) is 24.1. The van der Waals surface area contributed by atoms with Crippen LogP contribution in [0, 0.1) is 0 Å². The third-order valence-electron chi connectivity index (χ3n) is 5.37. The van der Waals surface area contributed by atoms with Crippen LogP contribution in [0.25, 0.3) is 0 Å². The van der Waals surface area contributed by atoms with Crippen molar-refractivity contribution in [3.8, 4) is 5.75 Å². The number of hydrogen-bond acceptors (Lipinski definition) is 3. The number of rotatable bonds is 6. The van der Waals surface area contributed by atoms with Gasteiger partial charge in [0.2, 0.25) is 0 Å². The molecule has 3 aromatic rings. The largest absolute Gasteiger partial charge is 0.487 e. The molecule has 1 aromatic heterocycles. The fourth-order valence-corrected chi connectivity index (χ4v) is 4.00. The van der Waals surface area contributed by atoms with Crippen LogP contribution in [0.15, 0.2) is 72.2 Å². The zero-order valence-corrected chi connectivity index (χ0v) is 21.2. The zero-order valence-electron chi connectivity index (χ0n) is 18.9. The van der Waals surface area contributed by atoms with Crippen LogP contribution in [-0.4, -0.2) is 27.7 Å². The maximum atomic E-state index is 6.17. The van der Waals surface area contributed by atoms with Crippen LogP contribution in [0.3, 0.4) is 0 Å². The number of aliphatic imine (C=N–C) groups is 1. The van der Waals surface area contributed by atoms with Gasteiger partial charge in [-0.2, -0.15) is 0 Å². The van der Waals surface area contributed by atoms with Crippen molar-refractivity contribution in [2.75, 3.05) is 6.54 Å². The SMILES string of the molecule is CCNC(=NCc1cccc(Cn2ccnc2)c1)NC1CC(C)(C)Oc2ccccc21.I. The Hall–Kier alpha value is -2.55. The Morgan fingerprint density at radius 1 is 1.19 bits per heavy atom. The summed E-state index contributed by atoms with van der Waals surface area (Å²) in [6.45, 7) is 8.58. The highest BCUT2D eigenvalue weighted by atomic mass is 127. The van der Waals surface area contributed by atoms with Crippen molar-refractivity contribution < 1.29 is 4.74 Å². The van der Waals surface area contributed by atoms with Crippen molar-refractivity contribution in [2.45, 2.75) is 51.9 Å². The fourth-order valence-electron chi connectivity index (χ4n) is 4.00. The molecule has 0 amide bonds. The monoisotopic (exact) mass is 545 g/mol. The highest BCUT2D eigenvalue weighted by molar-refractivity contribution is 14.0. The van der Waals surface area contributed by atoms with Crippen molar-refractivity contribution in [1.82, 2.24) is 20.2 Å². The number of imidazole rings is 1. The van der Waals surface area contributed by atoms with E-state index in [9.17, 15) is 0 Å². The van der Waals surface area contributed by atoms with Gasteiger partial charge in [-0.1, -0.05) is 42.5 Å². The molecule has 0 saturated heterocycles. The standard InChI is InChI=1S/C25H31N5O.HI/c1-4-27-24(29-22-15-25(2,3)31-23-11-6-5-10-21(22)23)28-16-19-8-7-9-20(14-19)17-30-13-12-26-18-30;/h5-14,18,22H,4,15-17H2,1-3H3,(H2,27,28,29);1H. The van der Waals surface area contributed by atoms with Crippen molar-refractivity contribution >= 4 is 29.9 Å². The Labute approximate surface area is 207 Å². The number of guanidine groups is 1. The first-order chi connectivity index (χ1) is 15.0. The lowest BCUT2D eigenvalue weighted by Crippen LogP contribution is -2.45. The maximum absolute atomic E-state index is 6.17. The maximum Gasteiger partial charge on any atom is 0.192 e. The van der Waals surface area contributed by atoms with E-state index in [0.717, 1.165) is 31.2 Å². The molecule has 0 saturated carbocycles. The topological polar surface area (TPSA) is 63.5 Å². The number of nitrogens with one attached hydrogen (secondary N) is 2. The number of aromatic nitrogens is 2. The van der Waals surface area contributed by atoms with Gasteiger partial charge in [-0.05, 0) is 38.0 Å². The molecular weight excluding hydrogens is 513 g/mol. The Kier molecular flexibility index (Phi) is 8.17. The molecule has 1 unspecified atom stereocenters. The second-order valence-corrected chi connectivity index (χ2v) is 8.55. The van der Waals surface area contributed by atoms with Crippen LogP contribution in [0.2, 0.25) is 0 Å². The molecular formula is C25H32IN5O. The van der Waals surface area contributed by atoms with Crippen LogP contribution in [0.1, 0.15) is 49.9 Å².